The Balaban J connectivity index is 2.23. The standard InChI is InChI=1S/C11H18N2O2/c1-8(9(2)12)11(14)13-6-5-10-4-3-7-15-10/h3-4,7-9H,5-6,12H2,1-2H3,(H,13,14). The molecule has 1 aromatic rings. The molecule has 0 spiro atoms. The van der Waals surface area contributed by atoms with E-state index in [-0.39, 0.29) is 17.9 Å². The second kappa shape index (κ2) is 5.56. The molecule has 1 amide bonds. The van der Waals surface area contributed by atoms with Crippen LogP contribution < -0.4 is 11.1 Å². The maximum absolute atomic E-state index is 11.5. The van der Waals surface area contributed by atoms with Crippen LogP contribution in [0.4, 0.5) is 0 Å². The summed E-state index contributed by atoms with van der Waals surface area (Å²) in [7, 11) is 0. The molecule has 1 heterocycles. The number of furan rings is 1. The Kier molecular flexibility index (Phi) is 4.37. The summed E-state index contributed by atoms with van der Waals surface area (Å²) in [6.07, 6.45) is 2.34. The van der Waals surface area contributed by atoms with Crippen molar-refractivity contribution in [2.45, 2.75) is 26.3 Å². The van der Waals surface area contributed by atoms with Gasteiger partial charge < -0.3 is 15.5 Å². The van der Waals surface area contributed by atoms with Gasteiger partial charge in [0.05, 0.1) is 6.26 Å². The van der Waals surface area contributed by atoms with Crippen LogP contribution in [0, 0.1) is 5.92 Å². The number of carbonyl (C=O) groups is 1. The van der Waals surface area contributed by atoms with Gasteiger partial charge in [0, 0.05) is 24.9 Å². The molecule has 4 nitrogen and oxygen atoms in total. The van der Waals surface area contributed by atoms with Gasteiger partial charge in [0.25, 0.3) is 0 Å². The fourth-order valence-electron chi connectivity index (χ4n) is 1.16. The topological polar surface area (TPSA) is 68.3 Å². The largest absolute Gasteiger partial charge is 0.469 e. The van der Waals surface area contributed by atoms with Gasteiger partial charge >= 0.3 is 0 Å². The molecule has 84 valence electrons. The summed E-state index contributed by atoms with van der Waals surface area (Å²) in [6.45, 7) is 4.24. The van der Waals surface area contributed by atoms with Crippen molar-refractivity contribution in [3.05, 3.63) is 24.2 Å². The van der Waals surface area contributed by atoms with E-state index >= 15 is 0 Å². The minimum absolute atomic E-state index is 0.00319. The van der Waals surface area contributed by atoms with Crippen molar-refractivity contribution in [2.24, 2.45) is 11.7 Å². The SMILES string of the molecule is CC(N)C(C)C(=O)NCCc1ccco1. The highest BCUT2D eigenvalue weighted by Gasteiger charge is 2.16. The highest BCUT2D eigenvalue weighted by Crippen LogP contribution is 2.01. The van der Waals surface area contributed by atoms with Crippen LogP contribution >= 0.6 is 0 Å². The van der Waals surface area contributed by atoms with Gasteiger partial charge in [0.2, 0.25) is 5.91 Å². The minimum atomic E-state index is -0.151. The van der Waals surface area contributed by atoms with Crippen LogP contribution in [0.2, 0.25) is 0 Å². The third kappa shape index (κ3) is 3.75. The van der Waals surface area contributed by atoms with Gasteiger partial charge in [0.1, 0.15) is 5.76 Å². The Morgan fingerprint density at radius 2 is 2.33 bits per heavy atom. The number of nitrogens with two attached hydrogens (primary N) is 1. The maximum atomic E-state index is 11.5. The van der Waals surface area contributed by atoms with E-state index in [1.807, 2.05) is 26.0 Å². The summed E-state index contributed by atoms with van der Waals surface area (Å²) >= 11 is 0. The Morgan fingerprint density at radius 1 is 1.60 bits per heavy atom. The van der Waals surface area contributed by atoms with Crippen LogP contribution in [0.5, 0.6) is 0 Å². The van der Waals surface area contributed by atoms with Crippen LogP contribution in [-0.4, -0.2) is 18.5 Å². The number of hydrogen-bond acceptors (Lipinski definition) is 3. The number of hydrogen-bond donors (Lipinski definition) is 2. The van der Waals surface area contributed by atoms with Crippen LogP contribution in [-0.2, 0) is 11.2 Å². The van der Waals surface area contributed by atoms with Crippen molar-refractivity contribution in [1.82, 2.24) is 5.32 Å². The van der Waals surface area contributed by atoms with Crippen LogP contribution in [0.25, 0.3) is 0 Å². The number of amides is 1. The van der Waals surface area contributed by atoms with Crippen molar-refractivity contribution >= 4 is 5.91 Å². The molecule has 1 aromatic heterocycles. The third-order valence-electron chi connectivity index (χ3n) is 2.45. The highest BCUT2D eigenvalue weighted by atomic mass is 16.3. The monoisotopic (exact) mass is 210 g/mol. The van der Waals surface area contributed by atoms with Gasteiger partial charge in [-0.1, -0.05) is 6.92 Å². The van der Waals surface area contributed by atoms with Crippen molar-refractivity contribution < 1.29 is 9.21 Å². The molecular formula is C11H18N2O2. The molecule has 0 aliphatic carbocycles. The fraction of sp³-hybridized carbons (Fsp3) is 0.545. The summed E-state index contributed by atoms with van der Waals surface area (Å²) < 4.78 is 5.15. The van der Waals surface area contributed by atoms with Crippen molar-refractivity contribution in [3.63, 3.8) is 0 Å². The first-order valence-electron chi connectivity index (χ1n) is 5.17. The molecule has 2 unspecified atom stereocenters. The first-order chi connectivity index (χ1) is 7.11. The van der Waals surface area contributed by atoms with Gasteiger partial charge in [-0.2, -0.15) is 0 Å². The van der Waals surface area contributed by atoms with Crippen molar-refractivity contribution in [2.75, 3.05) is 6.54 Å². The first kappa shape index (κ1) is 11.8. The molecule has 1 rings (SSSR count). The van der Waals surface area contributed by atoms with E-state index in [0.717, 1.165) is 5.76 Å². The van der Waals surface area contributed by atoms with E-state index in [1.165, 1.54) is 0 Å². The normalized spacial score (nSPS) is 14.6. The lowest BCUT2D eigenvalue weighted by molar-refractivity contribution is -0.124. The van der Waals surface area contributed by atoms with Gasteiger partial charge in [0.15, 0.2) is 0 Å². The van der Waals surface area contributed by atoms with E-state index in [4.69, 9.17) is 10.2 Å². The second-order valence-electron chi connectivity index (χ2n) is 3.77. The van der Waals surface area contributed by atoms with Gasteiger partial charge in [-0.15, -0.1) is 0 Å². The lowest BCUT2D eigenvalue weighted by atomic mass is 10.0. The maximum Gasteiger partial charge on any atom is 0.224 e. The summed E-state index contributed by atoms with van der Waals surface area (Å²) in [5.74, 6) is 0.724. The average molecular weight is 210 g/mol. The molecular weight excluding hydrogens is 192 g/mol. The average Bonchev–Trinajstić information content (AvgIpc) is 2.69. The molecule has 0 aliphatic heterocycles. The van der Waals surface area contributed by atoms with Gasteiger partial charge in [-0.05, 0) is 19.1 Å². The second-order valence-corrected chi connectivity index (χ2v) is 3.77. The van der Waals surface area contributed by atoms with E-state index in [1.54, 1.807) is 6.26 Å². The zero-order valence-corrected chi connectivity index (χ0v) is 9.19. The zero-order valence-electron chi connectivity index (χ0n) is 9.19. The lowest BCUT2D eigenvalue weighted by Crippen LogP contribution is -2.39. The van der Waals surface area contributed by atoms with Gasteiger partial charge in [-0.25, -0.2) is 0 Å². The van der Waals surface area contributed by atoms with Gasteiger partial charge in [-0.3, -0.25) is 4.79 Å². The van der Waals surface area contributed by atoms with Crippen LogP contribution in [0.1, 0.15) is 19.6 Å². The van der Waals surface area contributed by atoms with E-state index in [0.29, 0.717) is 13.0 Å². The Hall–Kier alpha value is -1.29. The van der Waals surface area contributed by atoms with E-state index in [9.17, 15) is 4.79 Å². The van der Waals surface area contributed by atoms with Crippen LogP contribution in [0.3, 0.4) is 0 Å². The molecule has 0 aromatic carbocycles. The number of rotatable bonds is 5. The molecule has 4 heteroatoms. The Bertz CT molecular complexity index is 294. The summed E-state index contributed by atoms with van der Waals surface area (Å²) in [5.41, 5.74) is 5.62. The Morgan fingerprint density at radius 3 is 2.87 bits per heavy atom. The van der Waals surface area contributed by atoms with Crippen LogP contribution in [0.15, 0.2) is 22.8 Å². The van der Waals surface area contributed by atoms with E-state index in [2.05, 4.69) is 5.32 Å². The van der Waals surface area contributed by atoms with Crippen molar-refractivity contribution in [3.8, 4) is 0 Å². The highest BCUT2D eigenvalue weighted by molar-refractivity contribution is 5.78. The molecule has 0 bridgehead atoms. The Labute approximate surface area is 89.8 Å². The molecule has 0 saturated carbocycles. The number of carbonyl (C=O) groups excluding carboxylic acids is 1. The molecule has 2 atom stereocenters. The zero-order chi connectivity index (χ0) is 11.3. The van der Waals surface area contributed by atoms with E-state index < -0.39 is 0 Å². The summed E-state index contributed by atoms with van der Waals surface area (Å²) in [6, 6.07) is 3.61. The molecule has 3 N–H and O–H groups in total. The predicted molar refractivity (Wildman–Crippen MR) is 58.2 cm³/mol. The summed E-state index contributed by atoms with van der Waals surface area (Å²) in [5, 5.41) is 2.82. The summed E-state index contributed by atoms with van der Waals surface area (Å²) in [4.78, 5) is 11.5. The van der Waals surface area contributed by atoms with Crippen molar-refractivity contribution in [1.29, 1.82) is 0 Å². The minimum Gasteiger partial charge on any atom is -0.469 e. The molecule has 0 saturated heterocycles. The predicted octanol–water partition coefficient (Wildman–Crippen LogP) is 0.922. The number of nitrogens with one attached hydrogen (secondary N) is 1. The smallest absolute Gasteiger partial charge is 0.224 e. The fourth-order valence-corrected chi connectivity index (χ4v) is 1.16. The molecule has 15 heavy (non-hydrogen) atoms. The first-order valence-corrected chi connectivity index (χ1v) is 5.17. The molecule has 0 radical (unpaired) electrons. The quantitative estimate of drug-likeness (QED) is 0.759. The lowest BCUT2D eigenvalue weighted by Gasteiger charge is -2.14. The molecule has 0 fully saturated rings. The molecule has 0 aliphatic rings. The third-order valence-corrected chi connectivity index (χ3v) is 2.45.